The summed E-state index contributed by atoms with van der Waals surface area (Å²) in [7, 11) is 0. The van der Waals surface area contributed by atoms with Gasteiger partial charge in [0.2, 0.25) is 5.91 Å². The van der Waals surface area contributed by atoms with E-state index in [4.69, 9.17) is 0 Å². The molecule has 3 aromatic rings. The van der Waals surface area contributed by atoms with Crippen molar-refractivity contribution in [1.82, 2.24) is 24.5 Å². The van der Waals surface area contributed by atoms with Gasteiger partial charge < -0.3 is 9.88 Å². The number of anilines is 1. The fourth-order valence-electron chi connectivity index (χ4n) is 2.93. The molecular weight excluding hydrogens is 380 g/mol. The molecule has 9 heteroatoms. The van der Waals surface area contributed by atoms with Gasteiger partial charge in [0.25, 0.3) is 0 Å². The molecule has 1 aliphatic carbocycles. The normalized spacial score (nSPS) is 14.0. The predicted molar refractivity (Wildman–Crippen MR) is 107 cm³/mol. The number of hydrogen-bond acceptors (Lipinski definition) is 6. The minimum absolute atomic E-state index is 0.0625. The number of thioether (sulfide) groups is 1. The molecule has 0 radical (unpaired) electrons. The van der Waals surface area contributed by atoms with E-state index in [0.29, 0.717) is 11.8 Å². The summed E-state index contributed by atoms with van der Waals surface area (Å²) in [4.78, 5) is 13.7. The number of carbonyl (C=O) groups is 1. The monoisotopic (exact) mass is 402 g/mol. The van der Waals surface area contributed by atoms with Crippen molar-refractivity contribution in [2.75, 3.05) is 11.1 Å². The Morgan fingerprint density at radius 2 is 2.22 bits per heavy atom. The minimum atomic E-state index is -0.0625. The molecule has 1 fully saturated rings. The minimum Gasteiger partial charge on any atom is -0.310 e. The summed E-state index contributed by atoms with van der Waals surface area (Å²) in [6, 6.07) is 6.66. The molecule has 7 nitrogen and oxygen atoms in total. The van der Waals surface area contributed by atoms with Gasteiger partial charge in [-0.3, -0.25) is 4.79 Å². The molecule has 1 saturated carbocycles. The molecule has 142 valence electrons. The topological polar surface area (TPSA) is 77.6 Å². The van der Waals surface area contributed by atoms with E-state index in [0.717, 1.165) is 36.1 Å². The van der Waals surface area contributed by atoms with Crippen LogP contribution in [0.5, 0.6) is 0 Å². The third-order valence-corrected chi connectivity index (χ3v) is 6.14. The molecule has 0 saturated heterocycles. The van der Waals surface area contributed by atoms with Crippen molar-refractivity contribution in [3.63, 3.8) is 0 Å². The summed E-state index contributed by atoms with van der Waals surface area (Å²) < 4.78 is 4.02. The van der Waals surface area contributed by atoms with Gasteiger partial charge in [-0.05, 0) is 38.1 Å². The Labute approximate surface area is 166 Å². The van der Waals surface area contributed by atoms with E-state index in [9.17, 15) is 4.79 Å². The van der Waals surface area contributed by atoms with E-state index in [1.54, 1.807) is 22.2 Å². The van der Waals surface area contributed by atoms with Crippen molar-refractivity contribution in [2.45, 2.75) is 50.4 Å². The average Bonchev–Trinajstić information content (AvgIpc) is 3.03. The first-order valence-electron chi connectivity index (χ1n) is 9.04. The number of carbonyl (C=O) groups excluding carboxylic acids is 1. The van der Waals surface area contributed by atoms with E-state index >= 15 is 0 Å². The maximum absolute atomic E-state index is 12.4. The largest absolute Gasteiger partial charge is 0.310 e. The van der Waals surface area contributed by atoms with Gasteiger partial charge in [0.1, 0.15) is 11.6 Å². The Bertz CT molecular complexity index is 910. The number of rotatable bonds is 8. The SMILES string of the molecule is CC(C)n1nccc1NC(=O)CSc1nnc(Cc2cccs2)n1C1CC1. The summed E-state index contributed by atoms with van der Waals surface area (Å²) in [6.07, 6.45) is 4.80. The molecule has 4 rings (SSSR count). The van der Waals surface area contributed by atoms with Gasteiger partial charge in [-0.1, -0.05) is 17.8 Å². The second-order valence-corrected chi connectivity index (χ2v) is 8.82. The average molecular weight is 403 g/mol. The molecule has 3 aromatic heterocycles. The number of thiophene rings is 1. The molecule has 3 heterocycles. The van der Waals surface area contributed by atoms with Crippen molar-refractivity contribution < 1.29 is 4.79 Å². The zero-order valence-corrected chi connectivity index (χ0v) is 17.0. The molecule has 0 spiro atoms. The Balaban J connectivity index is 1.41. The standard InChI is InChI=1S/C18H22N6OS2/c1-12(2)24-15(7-8-19-24)20-17(25)11-27-18-22-21-16(23(18)13-5-6-13)10-14-4-3-9-26-14/h3-4,7-9,12-13H,5-6,10-11H2,1-2H3,(H,20,25). The Hall–Kier alpha value is -2.13. The van der Waals surface area contributed by atoms with Crippen molar-refractivity contribution in [1.29, 1.82) is 0 Å². The fraction of sp³-hybridized carbons (Fsp3) is 0.444. The second-order valence-electron chi connectivity index (χ2n) is 6.85. The van der Waals surface area contributed by atoms with Crippen LogP contribution in [0.3, 0.4) is 0 Å². The van der Waals surface area contributed by atoms with Gasteiger partial charge in [-0.15, -0.1) is 21.5 Å². The number of aromatic nitrogens is 5. The lowest BCUT2D eigenvalue weighted by molar-refractivity contribution is -0.113. The Morgan fingerprint density at radius 3 is 2.93 bits per heavy atom. The highest BCUT2D eigenvalue weighted by atomic mass is 32.2. The van der Waals surface area contributed by atoms with Crippen LogP contribution in [0.2, 0.25) is 0 Å². The molecule has 27 heavy (non-hydrogen) atoms. The lowest BCUT2D eigenvalue weighted by Gasteiger charge is -2.12. The summed E-state index contributed by atoms with van der Waals surface area (Å²) >= 11 is 3.18. The van der Waals surface area contributed by atoms with Crippen molar-refractivity contribution in [3.8, 4) is 0 Å². The summed E-state index contributed by atoms with van der Waals surface area (Å²) in [5.41, 5.74) is 0. The van der Waals surface area contributed by atoms with Gasteiger partial charge in [0, 0.05) is 29.4 Å². The first-order chi connectivity index (χ1) is 13.1. The van der Waals surface area contributed by atoms with Crippen LogP contribution in [0.4, 0.5) is 5.82 Å². The summed E-state index contributed by atoms with van der Waals surface area (Å²) in [5.74, 6) is 1.94. The fourth-order valence-corrected chi connectivity index (χ4v) is 4.45. The smallest absolute Gasteiger partial charge is 0.235 e. The van der Waals surface area contributed by atoms with Gasteiger partial charge in [0.15, 0.2) is 5.16 Å². The highest BCUT2D eigenvalue weighted by Gasteiger charge is 2.30. The zero-order chi connectivity index (χ0) is 18.8. The van der Waals surface area contributed by atoms with Crippen LogP contribution in [0.15, 0.2) is 34.9 Å². The van der Waals surface area contributed by atoms with Crippen LogP contribution in [-0.2, 0) is 11.2 Å². The molecule has 0 atom stereocenters. The van der Waals surface area contributed by atoms with E-state index in [1.807, 2.05) is 19.9 Å². The quantitative estimate of drug-likeness (QED) is 0.580. The van der Waals surface area contributed by atoms with Gasteiger partial charge in [-0.2, -0.15) is 5.10 Å². The lowest BCUT2D eigenvalue weighted by Crippen LogP contribution is -2.18. The van der Waals surface area contributed by atoms with E-state index in [2.05, 4.69) is 42.7 Å². The van der Waals surface area contributed by atoms with Crippen molar-refractivity contribution >= 4 is 34.8 Å². The summed E-state index contributed by atoms with van der Waals surface area (Å²) in [5, 5.41) is 18.8. The van der Waals surface area contributed by atoms with E-state index in [1.165, 1.54) is 16.6 Å². The number of nitrogens with one attached hydrogen (secondary N) is 1. The van der Waals surface area contributed by atoms with E-state index in [-0.39, 0.29) is 11.9 Å². The Morgan fingerprint density at radius 1 is 1.37 bits per heavy atom. The first-order valence-corrected chi connectivity index (χ1v) is 10.9. The van der Waals surface area contributed by atoms with Gasteiger partial charge in [0.05, 0.1) is 11.9 Å². The number of nitrogens with zero attached hydrogens (tertiary/aromatic N) is 5. The molecule has 0 bridgehead atoms. The molecule has 0 aromatic carbocycles. The highest BCUT2D eigenvalue weighted by Crippen LogP contribution is 2.39. The van der Waals surface area contributed by atoms with Crippen LogP contribution in [0, 0.1) is 0 Å². The second kappa shape index (κ2) is 7.85. The Kier molecular flexibility index (Phi) is 5.31. The lowest BCUT2D eigenvalue weighted by atomic mass is 10.3. The number of amides is 1. The molecule has 0 aliphatic heterocycles. The van der Waals surface area contributed by atoms with Crippen molar-refractivity contribution in [3.05, 3.63) is 40.5 Å². The van der Waals surface area contributed by atoms with Crippen LogP contribution in [0.1, 0.15) is 49.5 Å². The van der Waals surface area contributed by atoms with E-state index < -0.39 is 0 Å². The van der Waals surface area contributed by atoms with Crippen LogP contribution in [-0.4, -0.2) is 36.2 Å². The third kappa shape index (κ3) is 4.24. The zero-order valence-electron chi connectivity index (χ0n) is 15.3. The van der Waals surface area contributed by atoms with Gasteiger partial charge in [-0.25, -0.2) is 4.68 Å². The summed E-state index contributed by atoms with van der Waals surface area (Å²) in [6.45, 7) is 4.06. The first kappa shape index (κ1) is 18.2. The van der Waals surface area contributed by atoms with Crippen LogP contribution < -0.4 is 5.32 Å². The maximum Gasteiger partial charge on any atom is 0.235 e. The maximum atomic E-state index is 12.4. The number of hydrogen-bond donors (Lipinski definition) is 1. The predicted octanol–water partition coefficient (Wildman–Crippen LogP) is 3.77. The van der Waals surface area contributed by atoms with Gasteiger partial charge >= 0.3 is 0 Å². The molecular formula is C18H22N6OS2. The third-order valence-electron chi connectivity index (χ3n) is 4.32. The van der Waals surface area contributed by atoms with Crippen LogP contribution in [0.25, 0.3) is 0 Å². The molecule has 0 unspecified atom stereocenters. The molecule has 1 aliphatic rings. The highest BCUT2D eigenvalue weighted by molar-refractivity contribution is 7.99. The molecule has 1 N–H and O–H groups in total. The molecule has 1 amide bonds. The van der Waals surface area contributed by atoms with Crippen LogP contribution >= 0.6 is 23.1 Å². The van der Waals surface area contributed by atoms with Crippen molar-refractivity contribution in [2.24, 2.45) is 0 Å².